The fraction of sp³-hybridized carbons (Fsp3) is 0.222. The molecule has 0 spiro atoms. The maximum atomic E-state index is 12.8. The van der Waals surface area contributed by atoms with Gasteiger partial charge in [0.1, 0.15) is 5.82 Å². The van der Waals surface area contributed by atoms with E-state index in [9.17, 15) is 19.1 Å². The Balaban J connectivity index is 1.80. The maximum Gasteiger partial charge on any atom is 0.338 e. The van der Waals surface area contributed by atoms with Crippen molar-refractivity contribution in [1.29, 1.82) is 0 Å². The minimum Gasteiger partial charge on any atom is -0.503 e. The number of rotatable bonds is 7. The van der Waals surface area contributed by atoms with Crippen LogP contribution in [0.4, 0.5) is 4.39 Å². The fourth-order valence-electron chi connectivity index (χ4n) is 2.11. The number of methoxy groups -OCH3 is 1. The minimum absolute atomic E-state index is 0.107. The smallest absolute Gasteiger partial charge is 0.338 e. The van der Waals surface area contributed by atoms with Gasteiger partial charge in [0.15, 0.2) is 18.1 Å². The molecule has 0 aliphatic heterocycles. The molecule has 6 nitrogen and oxygen atoms in total. The van der Waals surface area contributed by atoms with Gasteiger partial charge in [-0.1, -0.05) is 12.1 Å². The lowest BCUT2D eigenvalue weighted by atomic mass is 10.1. The Morgan fingerprint density at radius 3 is 2.58 bits per heavy atom. The van der Waals surface area contributed by atoms with E-state index in [2.05, 4.69) is 21.2 Å². The van der Waals surface area contributed by atoms with Crippen LogP contribution in [0.3, 0.4) is 0 Å². The summed E-state index contributed by atoms with van der Waals surface area (Å²) in [4.78, 5) is 23.8. The molecule has 0 unspecified atom stereocenters. The molecule has 138 valence electrons. The molecule has 0 saturated heterocycles. The molecule has 2 aromatic rings. The molecule has 0 atom stereocenters. The second kappa shape index (κ2) is 9.19. The Kier molecular flexibility index (Phi) is 6.97. The molecule has 0 heterocycles. The lowest BCUT2D eigenvalue weighted by Gasteiger charge is -2.09. The zero-order valence-electron chi connectivity index (χ0n) is 13.9. The molecule has 0 fully saturated rings. The number of hydrogen-bond acceptors (Lipinski definition) is 5. The van der Waals surface area contributed by atoms with E-state index < -0.39 is 18.5 Å². The summed E-state index contributed by atoms with van der Waals surface area (Å²) in [6.45, 7) is -0.107. The Morgan fingerprint density at radius 2 is 1.92 bits per heavy atom. The highest BCUT2D eigenvalue weighted by molar-refractivity contribution is 9.10. The summed E-state index contributed by atoms with van der Waals surface area (Å²) in [7, 11) is 1.35. The van der Waals surface area contributed by atoms with Crippen LogP contribution in [0.1, 0.15) is 15.9 Å². The van der Waals surface area contributed by atoms with Crippen molar-refractivity contribution in [3.63, 3.8) is 0 Å². The number of esters is 1. The van der Waals surface area contributed by atoms with E-state index in [4.69, 9.17) is 9.47 Å². The first-order valence-corrected chi connectivity index (χ1v) is 8.44. The van der Waals surface area contributed by atoms with Crippen molar-refractivity contribution >= 4 is 27.8 Å². The molecular weight excluding hydrogens is 409 g/mol. The molecule has 1 amide bonds. The molecular formula is C18H17BrFNO5. The van der Waals surface area contributed by atoms with Crippen molar-refractivity contribution in [2.45, 2.75) is 6.42 Å². The number of halogens is 2. The SMILES string of the molecule is COc1cc(C(=O)OCC(=O)NCCc2ccc(F)cc2)cc(Br)c1O. The molecule has 8 heteroatoms. The van der Waals surface area contributed by atoms with Crippen LogP contribution in [-0.4, -0.2) is 37.2 Å². The first-order valence-electron chi connectivity index (χ1n) is 7.65. The van der Waals surface area contributed by atoms with Crippen LogP contribution in [0.2, 0.25) is 0 Å². The van der Waals surface area contributed by atoms with Gasteiger partial charge in [-0.25, -0.2) is 9.18 Å². The van der Waals surface area contributed by atoms with Gasteiger partial charge in [-0.3, -0.25) is 4.79 Å². The number of benzene rings is 2. The third kappa shape index (κ3) is 5.45. The van der Waals surface area contributed by atoms with Crippen molar-refractivity contribution in [1.82, 2.24) is 5.32 Å². The van der Waals surface area contributed by atoms with E-state index >= 15 is 0 Å². The molecule has 26 heavy (non-hydrogen) atoms. The van der Waals surface area contributed by atoms with E-state index in [0.29, 0.717) is 13.0 Å². The zero-order chi connectivity index (χ0) is 19.1. The van der Waals surface area contributed by atoms with Crippen molar-refractivity contribution in [2.75, 3.05) is 20.3 Å². The van der Waals surface area contributed by atoms with Gasteiger partial charge in [-0.15, -0.1) is 0 Å². The van der Waals surface area contributed by atoms with Gasteiger partial charge in [0.25, 0.3) is 5.91 Å². The van der Waals surface area contributed by atoms with E-state index in [0.717, 1.165) is 5.56 Å². The number of nitrogens with one attached hydrogen (secondary N) is 1. The highest BCUT2D eigenvalue weighted by Gasteiger charge is 2.16. The molecule has 2 N–H and O–H groups in total. The summed E-state index contributed by atoms with van der Waals surface area (Å²) in [6.07, 6.45) is 0.530. The molecule has 0 bridgehead atoms. The molecule has 0 saturated carbocycles. The molecule has 0 aromatic heterocycles. The monoisotopic (exact) mass is 425 g/mol. The second-order valence-electron chi connectivity index (χ2n) is 5.31. The first-order chi connectivity index (χ1) is 12.4. The predicted molar refractivity (Wildman–Crippen MR) is 95.8 cm³/mol. The summed E-state index contributed by atoms with van der Waals surface area (Å²) in [5.74, 6) is -1.53. The van der Waals surface area contributed by atoms with Gasteiger partial charge in [0.05, 0.1) is 17.1 Å². The minimum atomic E-state index is -0.724. The summed E-state index contributed by atoms with van der Waals surface area (Å²) in [5, 5.41) is 12.3. The number of hydrogen-bond donors (Lipinski definition) is 2. The van der Waals surface area contributed by atoms with E-state index in [-0.39, 0.29) is 27.4 Å². The summed E-state index contributed by atoms with van der Waals surface area (Å²) < 4.78 is 23.0. The van der Waals surface area contributed by atoms with Crippen LogP contribution >= 0.6 is 15.9 Å². The quantitative estimate of drug-likeness (QED) is 0.666. The molecule has 2 rings (SSSR count). The normalized spacial score (nSPS) is 10.3. The Morgan fingerprint density at radius 1 is 1.23 bits per heavy atom. The largest absolute Gasteiger partial charge is 0.503 e. The summed E-state index contributed by atoms with van der Waals surface area (Å²) in [5.41, 5.74) is 1.01. The number of ether oxygens (including phenoxy) is 2. The van der Waals surface area contributed by atoms with Crippen molar-refractivity contribution in [2.24, 2.45) is 0 Å². The lowest BCUT2D eigenvalue weighted by molar-refractivity contribution is -0.124. The van der Waals surface area contributed by atoms with Gasteiger partial charge in [0, 0.05) is 6.54 Å². The van der Waals surface area contributed by atoms with Crippen LogP contribution in [0.5, 0.6) is 11.5 Å². The van der Waals surface area contributed by atoms with Gasteiger partial charge in [0.2, 0.25) is 0 Å². The van der Waals surface area contributed by atoms with E-state index in [1.165, 1.54) is 31.4 Å². The third-order valence-electron chi connectivity index (χ3n) is 3.47. The summed E-state index contributed by atoms with van der Waals surface area (Å²) >= 11 is 3.11. The predicted octanol–water partition coefficient (Wildman–Crippen LogP) is 2.82. The summed E-state index contributed by atoms with van der Waals surface area (Å²) in [6, 6.07) is 8.66. The highest BCUT2D eigenvalue weighted by Crippen LogP contribution is 2.35. The topological polar surface area (TPSA) is 84.9 Å². The Hall–Kier alpha value is -2.61. The van der Waals surface area contributed by atoms with Gasteiger partial charge >= 0.3 is 5.97 Å². The molecule has 0 aliphatic rings. The van der Waals surface area contributed by atoms with Crippen LogP contribution in [0.15, 0.2) is 40.9 Å². The van der Waals surface area contributed by atoms with Crippen LogP contribution < -0.4 is 10.1 Å². The highest BCUT2D eigenvalue weighted by atomic mass is 79.9. The lowest BCUT2D eigenvalue weighted by Crippen LogP contribution is -2.30. The van der Waals surface area contributed by atoms with Crippen molar-refractivity contribution in [3.8, 4) is 11.5 Å². The second-order valence-corrected chi connectivity index (χ2v) is 6.17. The fourth-order valence-corrected chi connectivity index (χ4v) is 2.55. The number of amides is 1. The molecule has 0 radical (unpaired) electrons. The molecule has 2 aromatic carbocycles. The van der Waals surface area contributed by atoms with Gasteiger partial charge in [-0.2, -0.15) is 0 Å². The Bertz CT molecular complexity index is 795. The first kappa shape index (κ1) is 19.7. The van der Waals surface area contributed by atoms with E-state index in [1.807, 2.05) is 0 Å². The standard InChI is InChI=1S/C18H17BrFNO5/c1-25-15-9-12(8-14(19)17(15)23)18(24)26-10-16(22)21-7-6-11-2-4-13(20)5-3-11/h2-5,8-9,23H,6-7,10H2,1H3,(H,21,22). The zero-order valence-corrected chi connectivity index (χ0v) is 15.5. The number of phenolic OH excluding ortho intramolecular Hbond substituents is 1. The van der Waals surface area contributed by atoms with Crippen molar-refractivity contribution in [3.05, 3.63) is 57.8 Å². The van der Waals surface area contributed by atoms with Crippen LogP contribution in [-0.2, 0) is 16.0 Å². The van der Waals surface area contributed by atoms with Gasteiger partial charge < -0.3 is 19.9 Å². The third-order valence-corrected chi connectivity index (χ3v) is 4.07. The average molecular weight is 426 g/mol. The number of carbonyl (C=O) groups is 2. The van der Waals surface area contributed by atoms with Crippen molar-refractivity contribution < 1.29 is 28.6 Å². The number of phenols is 1. The average Bonchev–Trinajstić information content (AvgIpc) is 2.63. The molecule has 0 aliphatic carbocycles. The number of carbonyl (C=O) groups excluding carboxylic acids is 2. The van der Waals surface area contributed by atoms with E-state index in [1.54, 1.807) is 12.1 Å². The Labute approximate surface area is 158 Å². The van der Waals surface area contributed by atoms with Gasteiger partial charge in [-0.05, 0) is 52.2 Å². The number of aromatic hydroxyl groups is 1. The maximum absolute atomic E-state index is 12.8. The van der Waals surface area contributed by atoms with Crippen LogP contribution in [0.25, 0.3) is 0 Å². The van der Waals surface area contributed by atoms with Crippen LogP contribution in [0, 0.1) is 5.82 Å².